The van der Waals surface area contributed by atoms with Crippen LogP contribution in [0.5, 0.6) is 0 Å². The largest absolute Gasteiger partial charge is 0.351 e. The van der Waals surface area contributed by atoms with Crippen LogP contribution in [0.25, 0.3) is 0 Å². The van der Waals surface area contributed by atoms with Crippen molar-refractivity contribution in [2.45, 2.75) is 71.1 Å². The van der Waals surface area contributed by atoms with Gasteiger partial charge in [0.2, 0.25) is 0 Å². The first-order chi connectivity index (χ1) is 14.5. The molecule has 0 spiro atoms. The van der Waals surface area contributed by atoms with Crippen molar-refractivity contribution in [1.82, 2.24) is 10.2 Å². The molecule has 4 aliphatic rings. The second kappa shape index (κ2) is 9.61. The summed E-state index contributed by atoms with van der Waals surface area (Å²) < 4.78 is 0. The normalized spacial score (nSPS) is 29.5. The molecule has 30 heavy (non-hydrogen) atoms. The average Bonchev–Trinajstić information content (AvgIpc) is 2.71. The zero-order chi connectivity index (χ0) is 21.1. The molecule has 1 N–H and O–H groups in total. The van der Waals surface area contributed by atoms with Gasteiger partial charge in [-0.1, -0.05) is 31.0 Å². The molecule has 4 saturated carbocycles. The first kappa shape index (κ1) is 22.1. The Labute approximate surface area is 187 Å². The molecule has 4 heteroatoms. The lowest BCUT2D eigenvalue weighted by atomic mass is 9.49. The topological polar surface area (TPSA) is 32.3 Å². The average molecular weight is 431 g/mol. The summed E-state index contributed by atoms with van der Waals surface area (Å²) in [7, 11) is 2.20. The SMILES string of the molecule is CCCCN(C)CCCc1ccc(Cl)c(C(=O)NCC23CC4CC(CC(C4)C2)C3)c1. The summed E-state index contributed by atoms with van der Waals surface area (Å²) in [6.07, 6.45) is 12.9. The molecule has 0 heterocycles. The van der Waals surface area contributed by atoms with Crippen LogP contribution >= 0.6 is 11.6 Å². The zero-order valence-electron chi connectivity index (χ0n) is 18.9. The molecule has 5 rings (SSSR count). The Hall–Kier alpha value is -1.06. The van der Waals surface area contributed by atoms with Crippen molar-refractivity contribution >= 4 is 17.5 Å². The third-order valence-corrected chi connectivity index (χ3v) is 8.29. The van der Waals surface area contributed by atoms with Crippen LogP contribution in [0.15, 0.2) is 18.2 Å². The Kier molecular flexibility index (Phi) is 7.09. The maximum absolute atomic E-state index is 13.0. The molecule has 0 unspecified atom stereocenters. The number of benzene rings is 1. The minimum Gasteiger partial charge on any atom is -0.351 e. The smallest absolute Gasteiger partial charge is 0.252 e. The number of hydrogen-bond acceptors (Lipinski definition) is 2. The predicted octanol–water partition coefficient (Wildman–Crippen LogP) is 5.95. The van der Waals surface area contributed by atoms with Crippen LogP contribution in [0, 0.1) is 23.2 Å². The summed E-state index contributed by atoms with van der Waals surface area (Å²) in [5.41, 5.74) is 2.22. The molecular weight excluding hydrogens is 392 g/mol. The minimum atomic E-state index is 0.0117. The third-order valence-electron chi connectivity index (χ3n) is 7.96. The van der Waals surface area contributed by atoms with Gasteiger partial charge in [0.15, 0.2) is 0 Å². The maximum atomic E-state index is 13.0. The molecule has 1 aromatic rings. The van der Waals surface area contributed by atoms with E-state index in [0.29, 0.717) is 16.0 Å². The highest BCUT2D eigenvalue weighted by atomic mass is 35.5. The highest BCUT2D eigenvalue weighted by Crippen LogP contribution is 2.59. The Balaban J connectivity index is 1.31. The molecule has 0 atom stereocenters. The van der Waals surface area contributed by atoms with E-state index in [9.17, 15) is 4.79 Å². The van der Waals surface area contributed by atoms with E-state index in [1.165, 1.54) is 56.9 Å². The molecule has 0 saturated heterocycles. The number of hydrogen-bond donors (Lipinski definition) is 1. The number of aryl methyl sites for hydroxylation is 1. The third kappa shape index (κ3) is 5.22. The van der Waals surface area contributed by atoms with Crippen molar-refractivity contribution in [3.8, 4) is 0 Å². The van der Waals surface area contributed by atoms with E-state index in [-0.39, 0.29) is 5.91 Å². The molecule has 1 aromatic carbocycles. The van der Waals surface area contributed by atoms with E-state index in [4.69, 9.17) is 11.6 Å². The fraction of sp³-hybridized carbons (Fsp3) is 0.731. The van der Waals surface area contributed by atoms with Crippen molar-refractivity contribution in [1.29, 1.82) is 0 Å². The van der Waals surface area contributed by atoms with E-state index < -0.39 is 0 Å². The molecule has 166 valence electrons. The first-order valence-corrected chi connectivity index (χ1v) is 12.6. The molecule has 3 nitrogen and oxygen atoms in total. The number of unbranched alkanes of at least 4 members (excludes halogenated alkanes) is 1. The van der Waals surface area contributed by atoms with E-state index in [2.05, 4.69) is 30.3 Å². The Bertz CT molecular complexity index is 711. The first-order valence-electron chi connectivity index (χ1n) is 12.2. The summed E-state index contributed by atoms with van der Waals surface area (Å²) >= 11 is 6.42. The number of nitrogens with one attached hydrogen (secondary N) is 1. The molecule has 4 aliphatic carbocycles. The lowest BCUT2D eigenvalue weighted by Crippen LogP contribution is -2.51. The van der Waals surface area contributed by atoms with Crippen molar-refractivity contribution in [3.63, 3.8) is 0 Å². The van der Waals surface area contributed by atoms with Gasteiger partial charge in [0.1, 0.15) is 0 Å². The fourth-order valence-electron chi connectivity index (χ4n) is 6.86. The van der Waals surface area contributed by atoms with Gasteiger partial charge in [0.05, 0.1) is 10.6 Å². The van der Waals surface area contributed by atoms with Gasteiger partial charge in [-0.2, -0.15) is 0 Å². The minimum absolute atomic E-state index is 0.0117. The van der Waals surface area contributed by atoms with E-state index in [1.54, 1.807) is 0 Å². The maximum Gasteiger partial charge on any atom is 0.252 e. The monoisotopic (exact) mass is 430 g/mol. The Morgan fingerprint density at radius 2 is 1.73 bits per heavy atom. The predicted molar refractivity (Wildman–Crippen MR) is 125 cm³/mol. The molecule has 0 aliphatic heterocycles. The van der Waals surface area contributed by atoms with Crippen LogP contribution in [0.1, 0.15) is 80.6 Å². The molecule has 4 bridgehead atoms. The number of rotatable bonds is 10. The van der Waals surface area contributed by atoms with Gasteiger partial charge < -0.3 is 10.2 Å². The summed E-state index contributed by atoms with van der Waals surface area (Å²) in [4.78, 5) is 15.4. The number of carbonyl (C=O) groups excluding carboxylic acids is 1. The van der Waals surface area contributed by atoms with Gasteiger partial charge in [0, 0.05) is 6.54 Å². The number of halogens is 1. The highest BCUT2D eigenvalue weighted by Gasteiger charge is 2.50. The van der Waals surface area contributed by atoms with Gasteiger partial charge in [-0.05, 0) is 119 Å². The molecule has 1 amide bonds. The molecule has 0 aromatic heterocycles. The van der Waals surface area contributed by atoms with Crippen molar-refractivity contribution < 1.29 is 4.79 Å². The van der Waals surface area contributed by atoms with E-state index in [0.717, 1.165) is 50.2 Å². The fourth-order valence-corrected chi connectivity index (χ4v) is 7.07. The van der Waals surface area contributed by atoms with Gasteiger partial charge >= 0.3 is 0 Å². The van der Waals surface area contributed by atoms with Crippen LogP contribution in [-0.4, -0.2) is 37.5 Å². The Morgan fingerprint density at radius 3 is 2.37 bits per heavy atom. The van der Waals surface area contributed by atoms with Crippen molar-refractivity contribution in [2.75, 3.05) is 26.7 Å². The number of nitrogens with zero attached hydrogens (tertiary/aromatic N) is 1. The lowest BCUT2D eigenvalue weighted by Gasteiger charge is -2.56. The van der Waals surface area contributed by atoms with Gasteiger partial charge in [-0.15, -0.1) is 0 Å². The lowest BCUT2D eigenvalue weighted by molar-refractivity contribution is -0.0503. The Morgan fingerprint density at radius 1 is 1.10 bits per heavy atom. The van der Waals surface area contributed by atoms with Crippen LogP contribution in [0.4, 0.5) is 0 Å². The summed E-state index contributed by atoms with van der Waals surface area (Å²) in [5.74, 6) is 2.75. The van der Waals surface area contributed by atoms with Crippen molar-refractivity contribution in [2.24, 2.45) is 23.2 Å². The van der Waals surface area contributed by atoms with Crippen molar-refractivity contribution in [3.05, 3.63) is 34.3 Å². The van der Waals surface area contributed by atoms with Gasteiger partial charge in [-0.3, -0.25) is 4.79 Å². The zero-order valence-corrected chi connectivity index (χ0v) is 19.6. The van der Waals surface area contributed by atoms with Crippen LogP contribution in [0.3, 0.4) is 0 Å². The quantitative estimate of drug-likeness (QED) is 0.497. The second-order valence-electron chi connectivity index (χ2n) is 10.7. The molecule has 0 radical (unpaired) electrons. The summed E-state index contributed by atoms with van der Waals surface area (Å²) in [5, 5.41) is 3.86. The second-order valence-corrected chi connectivity index (χ2v) is 11.1. The standard InChI is InChI=1S/C26H39ClN2O/c1-3-4-9-29(2)10-5-6-19-7-8-24(27)23(14-19)25(30)28-18-26-15-20-11-21(16-26)13-22(12-20)17-26/h7-8,14,20-22H,3-6,9-13,15-18H2,1-2H3,(H,28,30). The summed E-state index contributed by atoms with van der Waals surface area (Å²) in [6.45, 7) is 5.32. The van der Waals surface area contributed by atoms with Gasteiger partial charge in [-0.25, -0.2) is 0 Å². The van der Waals surface area contributed by atoms with E-state index in [1.807, 2.05) is 12.1 Å². The number of carbonyl (C=O) groups is 1. The van der Waals surface area contributed by atoms with Crippen LogP contribution in [0.2, 0.25) is 5.02 Å². The van der Waals surface area contributed by atoms with Crippen LogP contribution in [-0.2, 0) is 6.42 Å². The highest BCUT2D eigenvalue weighted by molar-refractivity contribution is 6.33. The number of amides is 1. The summed E-state index contributed by atoms with van der Waals surface area (Å²) in [6, 6.07) is 5.99. The molecule has 4 fully saturated rings. The van der Waals surface area contributed by atoms with Gasteiger partial charge in [0.25, 0.3) is 5.91 Å². The molecular formula is C26H39ClN2O. The van der Waals surface area contributed by atoms with Crippen LogP contribution < -0.4 is 5.32 Å². The van der Waals surface area contributed by atoms with E-state index >= 15 is 0 Å².